The van der Waals surface area contributed by atoms with Gasteiger partial charge in [0.1, 0.15) is 0 Å². The molecule has 0 amide bonds. The lowest BCUT2D eigenvalue weighted by Gasteiger charge is -2.61. The van der Waals surface area contributed by atoms with Gasteiger partial charge >= 0.3 is 0 Å². The maximum Gasteiger partial charge on any atom is 0.238 e. The van der Waals surface area contributed by atoms with E-state index in [0.29, 0.717) is 34.3 Å². The molecule has 0 radical (unpaired) electrons. The predicted octanol–water partition coefficient (Wildman–Crippen LogP) is 17.6. The Balaban J connectivity index is 0.834. The van der Waals surface area contributed by atoms with Gasteiger partial charge in [-0.1, -0.05) is 175 Å². The second-order valence-corrected chi connectivity index (χ2v) is 23.8. The summed E-state index contributed by atoms with van der Waals surface area (Å²) in [4.78, 5) is 16.1. The Bertz CT molecular complexity index is 3400. The van der Waals surface area contributed by atoms with Gasteiger partial charge in [-0.15, -0.1) is 0 Å². The topological polar surface area (TPSA) is 48.5 Å². The first-order chi connectivity index (χ1) is 34.7. The van der Waals surface area contributed by atoms with Crippen molar-refractivity contribution in [2.24, 2.45) is 52.3 Å². The van der Waals surface area contributed by atoms with Crippen LogP contribution in [0.4, 0.5) is 0 Å². The summed E-state index contributed by atoms with van der Waals surface area (Å²) in [6.07, 6.45) is 17.0. The lowest BCUT2D eigenvalue weighted by atomic mass is 9.43. The monoisotopic (exact) mass is 934 g/mol. The Morgan fingerprint density at radius 3 is 1.80 bits per heavy atom. The minimum absolute atomic E-state index is 0.477. The molecule has 0 N–H and O–H groups in total. The maximum atomic E-state index is 5.47. The smallest absolute Gasteiger partial charge is 0.238 e. The summed E-state index contributed by atoms with van der Waals surface area (Å²) in [6, 6.07) is 52.7. The molecule has 360 valence electrons. The number of hydrogen-bond donors (Lipinski definition) is 0. The first-order valence-corrected chi connectivity index (χ1v) is 27.6. The fourth-order valence-corrected chi connectivity index (χ4v) is 16.4. The molecule has 5 nitrogen and oxygen atoms in total. The fourth-order valence-electron chi connectivity index (χ4n) is 16.4. The normalized spacial score (nSPS) is 26.8. The second kappa shape index (κ2) is 17.6. The van der Waals surface area contributed by atoms with Crippen LogP contribution in [0.25, 0.3) is 78.0 Å². The summed E-state index contributed by atoms with van der Waals surface area (Å²) in [5, 5.41) is 4.76. The van der Waals surface area contributed by atoms with Crippen molar-refractivity contribution in [1.82, 2.24) is 24.1 Å². The second-order valence-electron chi connectivity index (χ2n) is 23.8. The number of aromatic nitrogens is 5. The molecule has 4 saturated carbocycles. The quantitative estimate of drug-likeness (QED) is 0.137. The van der Waals surface area contributed by atoms with E-state index in [1.807, 2.05) is 0 Å². The first-order valence-electron chi connectivity index (χ1n) is 27.6. The zero-order chi connectivity index (χ0) is 48.0. The molecular formula is C66H71N5. The van der Waals surface area contributed by atoms with Crippen molar-refractivity contribution in [3.8, 4) is 34.4 Å². The van der Waals surface area contributed by atoms with Crippen molar-refractivity contribution < 1.29 is 0 Å². The van der Waals surface area contributed by atoms with Gasteiger partial charge < -0.3 is 4.57 Å². The molecule has 5 heteroatoms. The van der Waals surface area contributed by atoms with Crippen LogP contribution >= 0.6 is 0 Å². The number of fused-ring (bicyclic) bond motifs is 12. The molecule has 13 rings (SSSR count). The third-order valence-electron chi connectivity index (χ3n) is 19.8. The van der Waals surface area contributed by atoms with Crippen LogP contribution in [0, 0.1) is 52.3 Å². The summed E-state index contributed by atoms with van der Waals surface area (Å²) < 4.78 is 4.73. The van der Waals surface area contributed by atoms with E-state index in [2.05, 4.69) is 189 Å². The summed E-state index contributed by atoms with van der Waals surface area (Å²) in [6.45, 7) is 12.9. The fraction of sp³-hybridized carbons (Fsp3) is 0.409. The van der Waals surface area contributed by atoms with Crippen molar-refractivity contribution in [3.05, 3.63) is 151 Å². The molecule has 8 unspecified atom stereocenters. The number of benzene rings is 6. The van der Waals surface area contributed by atoms with Crippen molar-refractivity contribution in [2.45, 2.75) is 118 Å². The van der Waals surface area contributed by atoms with Crippen LogP contribution < -0.4 is 0 Å². The van der Waals surface area contributed by atoms with E-state index in [1.165, 1.54) is 110 Å². The van der Waals surface area contributed by atoms with Crippen LogP contribution in [0.1, 0.15) is 123 Å². The minimum atomic E-state index is 0.477. The summed E-state index contributed by atoms with van der Waals surface area (Å²) >= 11 is 0. The minimum Gasteiger partial charge on any atom is -0.307 e. The first kappa shape index (κ1) is 44.8. The van der Waals surface area contributed by atoms with E-state index < -0.39 is 0 Å². The number of nitrogens with zero attached hydrogens (tertiary/aromatic N) is 5. The van der Waals surface area contributed by atoms with E-state index in [-0.39, 0.29) is 0 Å². The molecule has 3 aromatic heterocycles. The Labute approximate surface area is 421 Å². The predicted molar refractivity (Wildman–Crippen MR) is 295 cm³/mol. The van der Waals surface area contributed by atoms with Gasteiger partial charge in [0.2, 0.25) is 5.95 Å². The van der Waals surface area contributed by atoms with Crippen LogP contribution in [0.15, 0.2) is 146 Å². The van der Waals surface area contributed by atoms with Gasteiger partial charge in [-0.3, -0.25) is 4.57 Å². The van der Waals surface area contributed by atoms with Crippen LogP contribution in [0.2, 0.25) is 0 Å². The van der Waals surface area contributed by atoms with Gasteiger partial charge in [0.15, 0.2) is 11.6 Å². The van der Waals surface area contributed by atoms with Crippen LogP contribution in [0.5, 0.6) is 0 Å². The maximum absolute atomic E-state index is 5.47. The molecule has 4 fully saturated rings. The van der Waals surface area contributed by atoms with E-state index >= 15 is 0 Å². The van der Waals surface area contributed by atoms with Gasteiger partial charge in [0, 0.05) is 38.4 Å². The third-order valence-corrected chi connectivity index (χ3v) is 19.8. The summed E-state index contributed by atoms with van der Waals surface area (Å²) in [5.74, 6) is 8.81. The highest BCUT2D eigenvalue weighted by Crippen LogP contribution is 2.69. The molecule has 0 spiro atoms. The molecule has 0 bridgehead atoms. The highest BCUT2D eigenvalue weighted by atomic mass is 15.2. The van der Waals surface area contributed by atoms with Gasteiger partial charge in [-0.25, -0.2) is 4.98 Å². The zero-order valence-electron chi connectivity index (χ0n) is 42.7. The molecule has 6 aromatic carbocycles. The molecule has 4 aliphatic carbocycles. The molecule has 71 heavy (non-hydrogen) atoms. The number of hydrogen-bond acceptors (Lipinski definition) is 3. The van der Waals surface area contributed by atoms with E-state index in [4.69, 9.17) is 15.0 Å². The highest BCUT2D eigenvalue weighted by molar-refractivity contribution is 6.23. The van der Waals surface area contributed by atoms with Crippen molar-refractivity contribution >= 4 is 43.6 Å². The molecule has 0 saturated heterocycles. The SMILES string of the molecule is CC(C)CCC[C@@H](C)C1CCC2C3CCC4CC(c5ccc(-c6nc(-c7ccccc7)nc(-n7c8ccccc8c8ccc9c%10ccccc%10n(-c%10ccccc%10)c9c87)n6)cc5)CCC4(C)C3CCC21C. The van der Waals surface area contributed by atoms with Crippen LogP contribution in [0.3, 0.4) is 0 Å². The summed E-state index contributed by atoms with van der Waals surface area (Å²) in [5.41, 5.74) is 10.1. The van der Waals surface area contributed by atoms with Gasteiger partial charge in [0.05, 0.1) is 22.1 Å². The lowest BCUT2D eigenvalue weighted by Crippen LogP contribution is -2.53. The van der Waals surface area contributed by atoms with Gasteiger partial charge in [0.25, 0.3) is 0 Å². The molecular weight excluding hydrogens is 863 g/mol. The van der Waals surface area contributed by atoms with Gasteiger partial charge in [-0.05, 0) is 146 Å². The van der Waals surface area contributed by atoms with Crippen LogP contribution in [-0.2, 0) is 0 Å². The lowest BCUT2D eigenvalue weighted by molar-refractivity contribution is -0.117. The Morgan fingerprint density at radius 2 is 1.11 bits per heavy atom. The average molecular weight is 934 g/mol. The average Bonchev–Trinajstić information content (AvgIpc) is 4.06. The molecule has 3 heterocycles. The van der Waals surface area contributed by atoms with Gasteiger partial charge in [-0.2, -0.15) is 9.97 Å². The highest BCUT2D eigenvalue weighted by Gasteiger charge is 2.60. The van der Waals surface area contributed by atoms with E-state index in [1.54, 1.807) is 0 Å². The molecule has 4 aliphatic rings. The van der Waals surface area contributed by atoms with Crippen molar-refractivity contribution in [3.63, 3.8) is 0 Å². The molecule has 9 aromatic rings. The number of para-hydroxylation sites is 3. The standard InChI is InChI=1S/C66H71N5/c1-42(2)17-16-18-43(3)55-35-36-56-54-32-31-48-41-47(37-39-65(48,4)57(54)38-40-66(55,56)5)44-27-29-46(30-28-44)63-67-62(45-19-8-6-9-20-45)68-64(69-63)71-59-26-15-13-24-51(59)53-34-33-52-50-23-12-14-25-58(50)70(60(52)61(53)71)49-21-10-7-11-22-49/h6-15,19-30,33-34,42-43,47-48,54-57H,16-18,31-32,35-41H2,1-5H3/t43-,47?,48?,54?,55?,56?,57?,65?,66?/m1/s1. The zero-order valence-corrected chi connectivity index (χ0v) is 42.7. The summed E-state index contributed by atoms with van der Waals surface area (Å²) in [7, 11) is 0. The third kappa shape index (κ3) is 7.33. The molecule has 0 aliphatic heterocycles. The van der Waals surface area contributed by atoms with E-state index in [0.717, 1.165) is 74.8 Å². The van der Waals surface area contributed by atoms with Crippen LogP contribution in [-0.4, -0.2) is 24.1 Å². The van der Waals surface area contributed by atoms with Crippen molar-refractivity contribution in [1.29, 1.82) is 0 Å². The number of rotatable bonds is 10. The Morgan fingerprint density at radius 1 is 0.521 bits per heavy atom. The Kier molecular flexibility index (Phi) is 11.1. The Hall–Kier alpha value is -6.07. The largest absolute Gasteiger partial charge is 0.307 e. The van der Waals surface area contributed by atoms with Crippen molar-refractivity contribution in [2.75, 3.05) is 0 Å². The van der Waals surface area contributed by atoms with E-state index in [9.17, 15) is 0 Å². The molecule has 9 atom stereocenters.